The van der Waals surface area contributed by atoms with Crippen molar-refractivity contribution in [2.75, 3.05) is 11.4 Å². The first-order valence-corrected chi connectivity index (χ1v) is 8.28. The van der Waals surface area contributed by atoms with Crippen LogP contribution in [0.3, 0.4) is 0 Å². The lowest BCUT2D eigenvalue weighted by atomic mass is 10.2. The molecule has 116 valence electrons. The van der Waals surface area contributed by atoms with Crippen LogP contribution in [-0.4, -0.2) is 21.4 Å². The van der Waals surface area contributed by atoms with Crippen molar-refractivity contribution >= 4 is 21.6 Å². The van der Waals surface area contributed by atoms with E-state index in [0.717, 1.165) is 16.3 Å². The van der Waals surface area contributed by atoms with Gasteiger partial charge < -0.3 is 5.73 Å². The summed E-state index contributed by atoms with van der Waals surface area (Å²) < 4.78 is 26.4. The molecule has 0 aliphatic heterocycles. The maximum absolute atomic E-state index is 12.7. The van der Waals surface area contributed by atoms with Gasteiger partial charge in [-0.2, -0.15) is 0 Å². The zero-order chi connectivity index (χ0) is 16.3. The van der Waals surface area contributed by atoms with E-state index in [1.54, 1.807) is 42.5 Å². The van der Waals surface area contributed by atoms with E-state index >= 15 is 0 Å². The SMILES string of the molecule is CCc1ccc(S(=O)(=O)N(C)c2ccccc2C(N)=O)cc1. The number of amides is 1. The maximum atomic E-state index is 12.7. The monoisotopic (exact) mass is 318 g/mol. The van der Waals surface area contributed by atoms with Crippen LogP contribution in [0.1, 0.15) is 22.8 Å². The van der Waals surface area contributed by atoms with Crippen LogP contribution in [0, 0.1) is 0 Å². The quantitative estimate of drug-likeness (QED) is 0.917. The molecule has 0 atom stereocenters. The second-order valence-electron chi connectivity index (χ2n) is 4.85. The molecule has 0 fully saturated rings. The molecule has 2 N–H and O–H groups in total. The molecule has 2 aromatic carbocycles. The Morgan fingerprint density at radius 2 is 1.68 bits per heavy atom. The van der Waals surface area contributed by atoms with Crippen molar-refractivity contribution in [1.82, 2.24) is 0 Å². The molecule has 0 unspecified atom stereocenters. The molecule has 5 nitrogen and oxygen atoms in total. The lowest BCUT2D eigenvalue weighted by Gasteiger charge is -2.21. The molecule has 0 aliphatic rings. The van der Waals surface area contributed by atoms with E-state index in [1.165, 1.54) is 13.1 Å². The van der Waals surface area contributed by atoms with Gasteiger partial charge in [0.2, 0.25) is 0 Å². The number of hydrogen-bond donors (Lipinski definition) is 1. The average molecular weight is 318 g/mol. The van der Waals surface area contributed by atoms with E-state index in [-0.39, 0.29) is 16.1 Å². The lowest BCUT2D eigenvalue weighted by Crippen LogP contribution is -2.29. The number of primary amides is 1. The molecule has 1 amide bonds. The summed E-state index contributed by atoms with van der Waals surface area (Å²) in [5.41, 5.74) is 6.79. The summed E-state index contributed by atoms with van der Waals surface area (Å²) in [5.74, 6) is -0.668. The Bertz CT molecular complexity index is 783. The standard InChI is InChI=1S/C16H18N2O3S/c1-3-12-8-10-13(11-9-12)22(20,21)18(2)15-7-5-4-6-14(15)16(17)19/h4-11H,3H2,1-2H3,(H2,17,19). The second kappa shape index (κ2) is 6.19. The number of hydrogen-bond acceptors (Lipinski definition) is 3. The number of sulfonamides is 1. The molecule has 0 spiro atoms. The smallest absolute Gasteiger partial charge is 0.264 e. The van der Waals surface area contributed by atoms with Gasteiger partial charge in [-0.25, -0.2) is 8.42 Å². The minimum Gasteiger partial charge on any atom is -0.366 e. The molecular formula is C16H18N2O3S. The number of nitrogens with two attached hydrogens (primary N) is 1. The fourth-order valence-electron chi connectivity index (χ4n) is 2.14. The Labute approximate surface area is 130 Å². The third-order valence-electron chi connectivity index (χ3n) is 3.50. The van der Waals surface area contributed by atoms with E-state index in [0.29, 0.717) is 0 Å². The van der Waals surface area contributed by atoms with E-state index in [4.69, 9.17) is 5.73 Å². The van der Waals surface area contributed by atoms with Crippen molar-refractivity contribution in [3.63, 3.8) is 0 Å². The van der Waals surface area contributed by atoms with Crippen LogP contribution in [-0.2, 0) is 16.4 Å². The number of para-hydroxylation sites is 1. The highest BCUT2D eigenvalue weighted by atomic mass is 32.2. The third-order valence-corrected chi connectivity index (χ3v) is 5.28. The van der Waals surface area contributed by atoms with Crippen LogP contribution >= 0.6 is 0 Å². The Balaban J connectivity index is 2.47. The van der Waals surface area contributed by atoms with Gasteiger partial charge >= 0.3 is 0 Å². The molecular weight excluding hydrogens is 300 g/mol. The molecule has 0 radical (unpaired) electrons. The van der Waals surface area contributed by atoms with Crippen molar-refractivity contribution in [2.45, 2.75) is 18.2 Å². The molecule has 0 aromatic heterocycles. The van der Waals surface area contributed by atoms with Crippen LogP contribution < -0.4 is 10.0 Å². The molecule has 0 saturated heterocycles. The fourth-order valence-corrected chi connectivity index (χ4v) is 3.36. The van der Waals surface area contributed by atoms with E-state index in [2.05, 4.69) is 0 Å². The number of nitrogens with zero attached hydrogens (tertiary/aromatic N) is 1. The summed E-state index contributed by atoms with van der Waals surface area (Å²) >= 11 is 0. The maximum Gasteiger partial charge on any atom is 0.264 e. The van der Waals surface area contributed by atoms with Crippen LogP contribution in [0.2, 0.25) is 0 Å². The van der Waals surface area contributed by atoms with Crippen LogP contribution in [0.5, 0.6) is 0 Å². The third kappa shape index (κ3) is 2.96. The summed E-state index contributed by atoms with van der Waals surface area (Å²) in [6, 6.07) is 13.0. The van der Waals surface area contributed by atoms with Crippen molar-refractivity contribution in [1.29, 1.82) is 0 Å². The molecule has 22 heavy (non-hydrogen) atoms. The minimum absolute atomic E-state index is 0.166. The molecule has 2 rings (SSSR count). The number of benzene rings is 2. The Hall–Kier alpha value is -2.34. The molecule has 6 heteroatoms. The van der Waals surface area contributed by atoms with Gasteiger partial charge in [-0.1, -0.05) is 31.2 Å². The van der Waals surface area contributed by atoms with Gasteiger partial charge in [-0.05, 0) is 36.2 Å². The van der Waals surface area contributed by atoms with Crippen LogP contribution in [0.4, 0.5) is 5.69 Å². The molecule has 0 saturated carbocycles. The zero-order valence-electron chi connectivity index (χ0n) is 12.5. The Kier molecular flexibility index (Phi) is 4.51. The van der Waals surface area contributed by atoms with Crippen molar-refractivity contribution in [2.24, 2.45) is 5.73 Å². The summed E-state index contributed by atoms with van der Waals surface area (Å²) in [7, 11) is -2.34. The molecule has 0 bridgehead atoms. The fraction of sp³-hybridized carbons (Fsp3) is 0.188. The minimum atomic E-state index is -3.75. The summed E-state index contributed by atoms with van der Waals surface area (Å²) in [6.45, 7) is 2.00. The predicted octanol–water partition coefficient (Wildman–Crippen LogP) is 2.17. The van der Waals surface area contributed by atoms with Gasteiger partial charge in [0.05, 0.1) is 16.1 Å². The van der Waals surface area contributed by atoms with E-state index in [1.807, 2.05) is 6.92 Å². The average Bonchev–Trinajstić information content (AvgIpc) is 2.54. The number of carbonyl (C=O) groups excluding carboxylic acids is 1. The Morgan fingerprint density at radius 1 is 1.09 bits per heavy atom. The van der Waals surface area contributed by atoms with Crippen LogP contribution in [0.15, 0.2) is 53.4 Å². The van der Waals surface area contributed by atoms with Crippen LogP contribution in [0.25, 0.3) is 0 Å². The number of carbonyl (C=O) groups is 1. The molecule has 0 aliphatic carbocycles. The first-order valence-electron chi connectivity index (χ1n) is 6.84. The normalized spacial score (nSPS) is 11.2. The van der Waals surface area contributed by atoms with Gasteiger partial charge in [-0.3, -0.25) is 9.10 Å². The molecule has 0 heterocycles. The highest BCUT2D eigenvalue weighted by Crippen LogP contribution is 2.25. The van der Waals surface area contributed by atoms with Gasteiger partial charge in [0, 0.05) is 7.05 Å². The summed E-state index contributed by atoms with van der Waals surface area (Å²) in [5, 5.41) is 0. The topological polar surface area (TPSA) is 80.5 Å². The van der Waals surface area contributed by atoms with Crippen molar-refractivity contribution in [3.8, 4) is 0 Å². The predicted molar refractivity (Wildman–Crippen MR) is 86.4 cm³/mol. The van der Waals surface area contributed by atoms with Gasteiger partial charge in [0.15, 0.2) is 0 Å². The zero-order valence-corrected chi connectivity index (χ0v) is 13.3. The Morgan fingerprint density at radius 3 is 2.23 bits per heavy atom. The first kappa shape index (κ1) is 16.0. The summed E-state index contributed by atoms with van der Waals surface area (Å²) in [6.07, 6.45) is 0.834. The molecule has 2 aromatic rings. The van der Waals surface area contributed by atoms with Gasteiger partial charge in [-0.15, -0.1) is 0 Å². The van der Waals surface area contributed by atoms with Gasteiger partial charge in [0.1, 0.15) is 0 Å². The lowest BCUT2D eigenvalue weighted by molar-refractivity contribution is 0.100. The second-order valence-corrected chi connectivity index (χ2v) is 6.82. The number of aryl methyl sites for hydroxylation is 1. The number of anilines is 1. The highest BCUT2D eigenvalue weighted by Gasteiger charge is 2.24. The number of rotatable bonds is 5. The van der Waals surface area contributed by atoms with Crippen molar-refractivity contribution < 1.29 is 13.2 Å². The van der Waals surface area contributed by atoms with Crippen molar-refractivity contribution in [3.05, 3.63) is 59.7 Å². The summed E-state index contributed by atoms with van der Waals surface area (Å²) in [4.78, 5) is 11.6. The van der Waals surface area contributed by atoms with E-state index < -0.39 is 15.9 Å². The highest BCUT2D eigenvalue weighted by molar-refractivity contribution is 7.92. The first-order chi connectivity index (χ1) is 10.4. The van der Waals surface area contributed by atoms with E-state index in [9.17, 15) is 13.2 Å². The largest absolute Gasteiger partial charge is 0.366 e. The van der Waals surface area contributed by atoms with Gasteiger partial charge in [0.25, 0.3) is 15.9 Å².